The minimum atomic E-state index is -0.229. The maximum absolute atomic E-state index is 6.37. The van der Waals surface area contributed by atoms with E-state index in [2.05, 4.69) is 31.0 Å². The van der Waals surface area contributed by atoms with E-state index < -0.39 is 0 Å². The fourth-order valence-corrected chi connectivity index (χ4v) is 4.35. The third-order valence-corrected chi connectivity index (χ3v) is 6.67. The molecule has 4 rings (SSSR count). The van der Waals surface area contributed by atoms with Gasteiger partial charge in [0.2, 0.25) is 0 Å². The molecule has 1 atom stereocenters. The van der Waals surface area contributed by atoms with E-state index in [1.54, 1.807) is 0 Å². The molecule has 1 aromatic rings. The Morgan fingerprint density at radius 2 is 2.04 bits per heavy atom. The van der Waals surface area contributed by atoms with Crippen LogP contribution in [0.5, 0.6) is 6.01 Å². The van der Waals surface area contributed by atoms with Gasteiger partial charge in [-0.25, -0.2) is 0 Å². The molecule has 1 saturated carbocycles. The molecule has 1 unspecified atom stereocenters. The van der Waals surface area contributed by atoms with Crippen LogP contribution in [0.4, 0.5) is 5.82 Å². The second kappa shape index (κ2) is 6.64. The lowest BCUT2D eigenvalue weighted by molar-refractivity contribution is 0.158. The Hall–Kier alpha value is -1.40. The lowest BCUT2D eigenvalue weighted by Crippen LogP contribution is -2.45. The van der Waals surface area contributed by atoms with Crippen LogP contribution in [-0.2, 0) is 13.1 Å². The van der Waals surface area contributed by atoms with E-state index in [-0.39, 0.29) is 11.0 Å². The SMILES string of the molecule is CC1CCCCCN1c1nc(OCC2(C(C)(C)N)CC2)nc2c1CNC2. The van der Waals surface area contributed by atoms with E-state index >= 15 is 0 Å². The summed E-state index contributed by atoms with van der Waals surface area (Å²) in [6.45, 7) is 9.85. The van der Waals surface area contributed by atoms with Gasteiger partial charge < -0.3 is 20.7 Å². The van der Waals surface area contributed by atoms with Crippen molar-refractivity contribution in [3.8, 4) is 6.01 Å². The molecular weight excluding hydrogens is 326 g/mol. The predicted molar refractivity (Wildman–Crippen MR) is 103 cm³/mol. The number of fused-ring (bicyclic) bond motifs is 1. The topological polar surface area (TPSA) is 76.3 Å². The molecule has 2 aliphatic heterocycles. The summed E-state index contributed by atoms with van der Waals surface area (Å²) in [5.74, 6) is 1.08. The zero-order valence-corrected chi connectivity index (χ0v) is 16.5. The number of anilines is 1. The normalized spacial score (nSPS) is 24.9. The quantitative estimate of drug-likeness (QED) is 0.842. The Kier molecular flexibility index (Phi) is 4.59. The Labute approximate surface area is 156 Å². The van der Waals surface area contributed by atoms with Gasteiger partial charge in [0.25, 0.3) is 0 Å². The second-order valence-corrected chi connectivity index (χ2v) is 9.04. The number of nitrogens with zero attached hydrogens (tertiary/aromatic N) is 3. The van der Waals surface area contributed by atoms with Crippen LogP contribution in [0.1, 0.15) is 70.6 Å². The van der Waals surface area contributed by atoms with E-state index in [0.29, 0.717) is 18.7 Å². The van der Waals surface area contributed by atoms with E-state index in [0.717, 1.165) is 44.0 Å². The van der Waals surface area contributed by atoms with E-state index in [1.165, 1.54) is 31.2 Å². The van der Waals surface area contributed by atoms with Crippen LogP contribution in [-0.4, -0.2) is 34.7 Å². The van der Waals surface area contributed by atoms with E-state index in [4.69, 9.17) is 20.4 Å². The molecule has 0 aromatic carbocycles. The van der Waals surface area contributed by atoms with Crippen LogP contribution in [0.25, 0.3) is 0 Å². The van der Waals surface area contributed by atoms with Crippen molar-refractivity contribution >= 4 is 5.82 Å². The highest BCUT2D eigenvalue weighted by atomic mass is 16.5. The average molecular weight is 360 g/mol. The average Bonchev–Trinajstić information content (AvgIpc) is 3.30. The molecule has 26 heavy (non-hydrogen) atoms. The summed E-state index contributed by atoms with van der Waals surface area (Å²) < 4.78 is 6.13. The van der Waals surface area contributed by atoms with Crippen molar-refractivity contribution in [2.45, 2.75) is 84.0 Å². The van der Waals surface area contributed by atoms with Gasteiger partial charge in [0.05, 0.1) is 12.3 Å². The van der Waals surface area contributed by atoms with Crippen molar-refractivity contribution < 1.29 is 4.74 Å². The van der Waals surface area contributed by atoms with Gasteiger partial charge in [-0.05, 0) is 46.5 Å². The molecule has 3 N–H and O–H groups in total. The van der Waals surface area contributed by atoms with E-state index in [9.17, 15) is 0 Å². The van der Waals surface area contributed by atoms with Crippen molar-refractivity contribution in [3.05, 3.63) is 11.3 Å². The van der Waals surface area contributed by atoms with Gasteiger partial charge >= 0.3 is 6.01 Å². The lowest BCUT2D eigenvalue weighted by atomic mass is 9.86. The summed E-state index contributed by atoms with van der Waals surface area (Å²) in [4.78, 5) is 12.1. The molecule has 2 fully saturated rings. The molecule has 0 spiro atoms. The van der Waals surface area contributed by atoms with Gasteiger partial charge in [-0.3, -0.25) is 0 Å². The van der Waals surface area contributed by atoms with Gasteiger partial charge in [0, 0.05) is 42.2 Å². The van der Waals surface area contributed by atoms with Crippen LogP contribution in [0.2, 0.25) is 0 Å². The number of ether oxygens (including phenoxy) is 1. The van der Waals surface area contributed by atoms with Gasteiger partial charge in [-0.15, -0.1) is 0 Å². The molecule has 144 valence electrons. The number of aromatic nitrogens is 2. The number of hydrogen-bond acceptors (Lipinski definition) is 6. The zero-order valence-electron chi connectivity index (χ0n) is 16.5. The third kappa shape index (κ3) is 3.29. The van der Waals surface area contributed by atoms with Crippen LogP contribution in [0.3, 0.4) is 0 Å². The van der Waals surface area contributed by atoms with Crippen molar-refractivity contribution in [1.82, 2.24) is 15.3 Å². The van der Waals surface area contributed by atoms with Crippen LogP contribution < -0.4 is 20.7 Å². The Balaban J connectivity index is 1.59. The van der Waals surface area contributed by atoms with Gasteiger partial charge in [0.15, 0.2) is 0 Å². The van der Waals surface area contributed by atoms with Crippen molar-refractivity contribution in [2.75, 3.05) is 18.1 Å². The summed E-state index contributed by atoms with van der Waals surface area (Å²) in [6.07, 6.45) is 7.33. The highest BCUT2D eigenvalue weighted by Crippen LogP contribution is 2.53. The first-order valence-corrected chi connectivity index (χ1v) is 10.2. The first-order chi connectivity index (χ1) is 12.4. The Bertz CT molecular complexity index is 665. The second-order valence-electron chi connectivity index (χ2n) is 9.04. The van der Waals surface area contributed by atoms with Crippen molar-refractivity contribution in [1.29, 1.82) is 0 Å². The predicted octanol–water partition coefficient (Wildman–Crippen LogP) is 2.75. The smallest absolute Gasteiger partial charge is 0.318 e. The number of rotatable bonds is 5. The number of hydrogen-bond donors (Lipinski definition) is 2. The Morgan fingerprint density at radius 1 is 1.23 bits per heavy atom. The fraction of sp³-hybridized carbons (Fsp3) is 0.800. The van der Waals surface area contributed by atoms with Crippen molar-refractivity contribution in [2.24, 2.45) is 11.1 Å². The van der Waals surface area contributed by atoms with Crippen LogP contribution >= 0.6 is 0 Å². The summed E-state index contributed by atoms with van der Waals surface area (Å²) in [6, 6.07) is 1.04. The third-order valence-electron chi connectivity index (χ3n) is 6.67. The summed E-state index contributed by atoms with van der Waals surface area (Å²) in [5.41, 5.74) is 8.57. The minimum absolute atomic E-state index is 0.0731. The molecule has 0 amide bonds. The maximum atomic E-state index is 6.37. The first-order valence-electron chi connectivity index (χ1n) is 10.2. The highest BCUT2D eigenvalue weighted by Gasteiger charge is 2.53. The molecular formula is C20H33N5O. The molecule has 3 heterocycles. The van der Waals surface area contributed by atoms with Crippen LogP contribution in [0.15, 0.2) is 0 Å². The first kappa shape index (κ1) is 18.0. The molecule has 6 nitrogen and oxygen atoms in total. The van der Waals surface area contributed by atoms with Gasteiger partial charge in [-0.2, -0.15) is 9.97 Å². The molecule has 6 heteroatoms. The van der Waals surface area contributed by atoms with E-state index in [1.807, 2.05) is 0 Å². The lowest BCUT2D eigenvalue weighted by Gasteiger charge is -2.31. The summed E-state index contributed by atoms with van der Waals surface area (Å²) in [5, 5.41) is 3.43. The summed E-state index contributed by atoms with van der Waals surface area (Å²) >= 11 is 0. The largest absolute Gasteiger partial charge is 0.463 e. The standard InChI is InChI=1S/C20H33N5O/c1-14-7-5-4-6-10-25(14)17-15-11-22-12-16(15)23-18(24-17)26-13-20(8-9-20)19(2,3)21/h14,22H,4-13,21H2,1-3H3. The maximum Gasteiger partial charge on any atom is 0.318 e. The fourth-order valence-electron chi connectivity index (χ4n) is 4.35. The molecule has 1 aliphatic carbocycles. The molecule has 0 bridgehead atoms. The monoisotopic (exact) mass is 359 g/mol. The molecule has 0 radical (unpaired) electrons. The number of nitrogens with one attached hydrogen (secondary N) is 1. The van der Waals surface area contributed by atoms with Crippen LogP contribution in [0, 0.1) is 5.41 Å². The van der Waals surface area contributed by atoms with Crippen molar-refractivity contribution in [3.63, 3.8) is 0 Å². The molecule has 1 saturated heterocycles. The number of nitrogens with two attached hydrogens (primary N) is 1. The molecule has 3 aliphatic rings. The minimum Gasteiger partial charge on any atom is -0.463 e. The Morgan fingerprint density at radius 3 is 2.77 bits per heavy atom. The summed E-state index contributed by atoms with van der Waals surface area (Å²) in [7, 11) is 0. The highest BCUT2D eigenvalue weighted by molar-refractivity contribution is 5.52. The molecule has 1 aromatic heterocycles. The zero-order chi connectivity index (χ0) is 18.4. The van der Waals surface area contributed by atoms with Gasteiger partial charge in [-0.1, -0.05) is 12.8 Å². The van der Waals surface area contributed by atoms with Gasteiger partial charge in [0.1, 0.15) is 5.82 Å².